The topological polar surface area (TPSA) is 50.9 Å². The lowest BCUT2D eigenvalue weighted by Gasteiger charge is -2.11. The Morgan fingerprint density at radius 2 is 1.96 bits per heavy atom. The summed E-state index contributed by atoms with van der Waals surface area (Å²) in [5.74, 6) is 0. The van der Waals surface area contributed by atoms with Gasteiger partial charge in [0.15, 0.2) is 0 Å². The SMILES string of the molecule is C=C(NC)c1cccc(Cc2cc(CN)cc(C(F)(F)F)n2)c1. The summed E-state index contributed by atoms with van der Waals surface area (Å²) in [6.45, 7) is 3.91. The molecule has 0 aliphatic heterocycles. The van der Waals surface area contributed by atoms with Gasteiger partial charge < -0.3 is 11.1 Å². The van der Waals surface area contributed by atoms with Crippen LogP contribution in [0.3, 0.4) is 0 Å². The lowest BCUT2D eigenvalue weighted by atomic mass is 10.0. The lowest BCUT2D eigenvalue weighted by molar-refractivity contribution is -0.141. The first-order valence-corrected chi connectivity index (χ1v) is 7.06. The molecule has 1 aromatic carbocycles. The van der Waals surface area contributed by atoms with Crippen molar-refractivity contribution in [2.75, 3.05) is 7.05 Å². The van der Waals surface area contributed by atoms with Crippen LogP contribution >= 0.6 is 0 Å². The summed E-state index contributed by atoms with van der Waals surface area (Å²) in [6.07, 6.45) is -4.19. The monoisotopic (exact) mass is 321 g/mol. The second kappa shape index (κ2) is 6.83. The zero-order valence-corrected chi connectivity index (χ0v) is 12.7. The van der Waals surface area contributed by atoms with Gasteiger partial charge in [0.2, 0.25) is 0 Å². The number of pyridine rings is 1. The van der Waals surface area contributed by atoms with E-state index in [0.29, 0.717) is 17.7 Å². The van der Waals surface area contributed by atoms with Gasteiger partial charge in [-0.05, 0) is 34.9 Å². The van der Waals surface area contributed by atoms with Crippen molar-refractivity contribution in [2.45, 2.75) is 19.1 Å². The summed E-state index contributed by atoms with van der Waals surface area (Å²) in [7, 11) is 1.76. The average molecular weight is 321 g/mol. The smallest absolute Gasteiger partial charge is 0.388 e. The molecule has 3 nitrogen and oxygen atoms in total. The Morgan fingerprint density at radius 3 is 2.57 bits per heavy atom. The fourth-order valence-corrected chi connectivity index (χ4v) is 2.23. The molecule has 2 rings (SSSR count). The highest BCUT2D eigenvalue weighted by Crippen LogP contribution is 2.29. The zero-order chi connectivity index (χ0) is 17.0. The third kappa shape index (κ3) is 4.32. The van der Waals surface area contributed by atoms with E-state index < -0.39 is 11.9 Å². The molecule has 1 aromatic heterocycles. The van der Waals surface area contributed by atoms with Crippen LogP contribution in [0.2, 0.25) is 0 Å². The van der Waals surface area contributed by atoms with Crippen molar-refractivity contribution in [3.8, 4) is 0 Å². The summed E-state index contributed by atoms with van der Waals surface area (Å²) in [4.78, 5) is 3.72. The van der Waals surface area contributed by atoms with E-state index in [1.165, 1.54) is 0 Å². The Kier molecular flexibility index (Phi) is 5.05. The van der Waals surface area contributed by atoms with E-state index in [9.17, 15) is 13.2 Å². The van der Waals surface area contributed by atoms with E-state index in [1.54, 1.807) is 13.1 Å². The fraction of sp³-hybridized carbons (Fsp3) is 0.235. The molecule has 0 aliphatic rings. The molecule has 6 heteroatoms. The van der Waals surface area contributed by atoms with Gasteiger partial charge in [0, 0.05) is 31.4 Å². The first-order valence-electron chi connectivity index (χ1n) is 7.06. The Morgan fingerprint density at radius 1 is 1.22 bits per heavy atom. The van der Waals surface area contributed by atoms with Crippen molar-refractivity contribution >= 4 is 5.70 Å². The molecular formula is C17H18F3N3. The first-order chi connectivity index (χ1) is 10.8. The largest absolute Gasteiger partial charge is 0.433 e. The molecule has 3 N–H and O–H groups in total. The van der Waals surface area contributed by atoms with Crippen LogP contribution in [0.4, 0.5) is 13.2 Å². The molecule has 0 radical (unpaired) electrons. The van der Waals surface area contributed by atoms with Crippen molar-refractivity contribution in [3.63, 3.8) is 0 Å². The van der Waals surface area contributed by atoms with Crippen molar-refractivity contribution in [3.05, 3.63) is 71.1 Å². The predicted octanol–water partition coefficient (Wildman–Crippen LogP) is 3.34. The predicted molar refractivity (Wildman–Crippen MR) is 84.5 cm³/mol. The average Bonchev–Trinajstić information content (AvgIpc) is 2.53. The summed E-state index contributed by atoms with van der Waals surface area (Å²) in [5.41, 5.74) is 7.82. The number of hydrogen-bond donors (Lipinski definition) is 2. The molecule has 0 bridgehead atoms. The fourth-order valence-electron chi connectivity index (χ4n) is 2.23. The molecule has 23 heavy (non-hydrogen) atoms. The van der Waals surface area contributed by atoms with Crippen LogP contribution in [0.15, 0.2) is 43.0 Å². The first kappa shape index (κ1) is 17.0. The van der Waals surface area contributed by atoms with E-state index in [-0.39, 0.29) is 6.54 Å². The number of halogens is 3. The number of hydrogen-bond acceptors (Lipinski definition) is 3. The molecule has 0 unspecified atom stereocenters. The van der Waals surface area contributed by atoms with Gasteiger partial charge in [-0.2, -0.15) is 13.2 Å². The van der Waals surface area contributed by atoms with Crippen molar-refractivity contribution in [1.29, 1.82) is 0 Å². The number of rotatable bonds is 5. The molecule has 0 amide bonds. The van der Waals surface area contributed by atoms with Crippen LogP contribution in [0.1, 0.15) is 28.1 Å². The highest BCUT2D eigenvalue weighted by molar-refractivity contribution is 5.62. The van der Waals surface area contributed by atoms with Crippen LogP contribution in [0, 0.1) is 0 Å². The Balaban J connectivity index is 2.34. The Bertz CT molecular complexity index is 708. The highest BCUT2D eigenvalue weighted by atomic mass is 19.4. The zero-order valence-electron chi connectivity index (χ0n) is 12.7. The number of alkyl halides is 3. The molecule has 0 aliphatic carbocycles. The highest BCUT2D eigenvalue weighted by Gasteiger charge is 2.33. The number of aromatic nitrogens is 1. The molecule has 1 heterocycles. The number of nitrogens with zero attached hydrogens (tertiary/aromatic N) is 1. The standard InChI is InChI=1S/C17H18F3N3/c1-11(22-2)14-5-3-4-12(6-14)7-15-8-13(10-21)9-16(23-15)17(18,19)20/h3-6,8-9,22H,1,7,10,21H2,2H3. The van der Waals surface area contributed by atoms with Gasteiger partial charge >= 0.3 is 6.18 Å². The van der Waals surface area contributed by atoms with Crippen LogP contribution in [-0.2, 0) is 19.1 Å². The van der Waals surface area contributed by atoms with Gasteiger partial charge in [-0.3, -0.25) is 0 Å². The molecule has 0 spiro atoms. The van der Waals surface area contributed by atoms with Crippen LogP contribution in [0.5, 0.6) is 0 Å². The summed E-state index contributed by atoms with van der Waals surface area (Å²) >= 11 is 0. The maximum absolute atomic E-state index is 12.9. The number of nitrogens with two attached hydrogens (primary N) is 1. The van der Waals surface area contributed by atoms with Crippen molar-refractivity contribution in [1.82, 2.24) is 10.3 Å². The minimum atomic E-state index is -4.48. The minimum Gasteiger partial charge on any atom is -0.388 e. The second-order valence-corrected chi connectivity index (χ2v) is 5.16. The minimum absolute atomic E-state index is 0.0369. The number of nitrogens with one attached hydrogen (secondary N) is 1. The van der Waals surface area contributed by atoms with E-state index in [4.69, 9.17) is 5.73 Å². The molecular weight excluding hydrogens is 303 g/mol. The summed E-state index contributed by atoms with van der Waals surface area (Å²) < 4.78 is 38.7. The van der Waals surface area contributed by atoms with E-state index >= 15 is 0 Å². The third-order valence-corrected chi connectivity index (χ3v) is 3.43. The molecule has 0 fully saturated rings. The molecule has 122 valence electrons. The van der Waals surface area contributed by atoms with Crippen LogP contribution in [-0.4, -0.2) is 12.0 Å². The van der Waals surface area contributed by atoms with E-state index in [0.717, 1.165) is 22.9 Å². The molecule has 0 saturated heterocycles. The second-order valence-electron chi connectivity index (χ2n) is 5.16. The van der Waals surface area contributed by atoms with E-state index in [1.807, 2.05) is 24.3 Å². The third-order valence-electron chi connectivity index (χ3n) is 3.43. The maximum Gasteiger partial charge on any atom is 0.433 e. The van der Waals surface area contributed by atoms with Gasteiger partial charge in [-0.1, -0.05) is 24.8 Å². The summed E-state index contributed by atoms with van der Waals surface area (Å²) in [6, 6.07) is 10.0. The quantitative estimate of drug-likeness (QED) is 0.888. The van der Waals surface area contributed by atoms with E-state index in [2.05, 4.69) is 16.9 Å². The Hall–Kier alpha value is -2.34. The number of benzene rings is 1. The normalized spacial score (nSPS) is 11.3. The lowest BCUT2D eigenvalue weighted by Crippen LogP contribution is -2.12. The van der Waals surface area contributed by atoms with Gasteiger partial charge in [-0.25, -0.2) is 4.98 Å². The molecule has 0 atom stereocenters. The van der Waals surface area contributed by atoms with Gasteiger partial charge in [0.25, 0.3) is 0 Å². The van der Waals surface area contributed by atoms with Crippen LogP contribution in [0.25, 0.3) is 5.70 Å². The van der Waals surface area contributed by atoms with Gasteiger partial charge in [0.1, 0.15) is 5.69 Å². The van der Waals surface area contributed by atoms with Crippen LogP contribution < -0.4 is 11.1 Å². The van der Waals surface area contributed by atoms with Crippen molar-refractivity contribution < 1.29 is 13.2 Å². The van der Waals surface area contributed by atoms with Gasteiger partial charge in [0.05, 0.1) is 0 Å². The Labute approximate surface area is 133 Å². The van der Waals surface area contributed by atoms with Gasteiger partial charge in [-0.15, -0.1) is 0 Å². The maximum atomic E-state index is 12.9. The molecule has 2 aromatic rings. The molecule has 0 saturated carbocycles. The summed E-state index contributed by atoms with van der Waals surface area (Å²) in [5, 5.41) is 2.94. The van der Waals surface area contributed by atoms with Crippen molar-refractivity contribution in [2.24, 2.45) is 5.73 Å².